The monoisotopic (exact) mass is 372 g/mol. The Morgan fingerprint density at radius 3 is 1.96 bits per heavy atom. The van der Waals surface area contributed by atoms with Gasteiger partial charge >= 0.3 is 0 Å². The van der Waals surface area contributed by atoms with Crippen molar-refractivity contribution in [2.75, 3.05) is 11.9 Å². The summed E-state index contributed by atoms with van der Waals surface area (Å²) in [4.78, 5) is 26.9. The van der Waals surface area contributed by atoms with Crippen LogP contribution in [0.15, 0.2) is 18.2 Å². The van der Waals surface area contributed by atoms with Gasteiger partial charge in [-0.3, -0.25) is 9.59 Å². The fourth-order valence-corrected chi connectivity index (χ4v) is 4.10. The van der Waals surface area contributed by atoms with E-state index in [1.165, 1.54) is 12.8 Å². The zero-order valence-corrected chi connectivity index (χ0v) is 17.7. The van der Waals surface area contributed by atoms with E-state index in [0.29, 0.717) is 11.8 Å². The number of rotatable bonds is 6. The second-order valence-electron chi connectivity index (χ2n) is 8.46. The quantitative estimate of drug-likeness (QED) is 0.676. The van der Waals surface area contributed by atoms with Crippen molar-refractivity contribution in [3.05, 3.63) is 29.3 Å². The first-order valence-corrected chi connectivity index (χ1v) is 10.5. The Kier molecular flexibility index (Phi) is 7.88. The van der Waals surface area contributed by atoms with Crippen LogP contribution < -0.4 is 5.32 Å². The summed E-state index contributed by atoms with van der Waals surface area (Å²) in [5.41, 5.74) is 3.23. The van der Waals surface area contributed by atoms with Crippen molar-refractivity contribution in [2.45, 2.75) is 91.0 Å². The number of para-hydroxylation sites is 1. The molecule has 0 atom stereocenters. The molecule has 0 heterocycles. The average Bonchev–Trinajstić information content (AvgIpc) is 2.88. The maximum absolute atomic E-state index is 12.9. The lowest BCUT2D eigenvalue weighted by Crippen LogP contribution is -2.43. The van der Waals surface area contributed by atoms with Crippen molar-refractivity contribution in [2.24, 2.45) is 0 Å². The van der Waals surface area contributed by atoms with E-state index in [2.05, 4.69) is 51.2 Å². The molecule has 0 saturated heterocycles. The Balaban J connectivity index is 2.19. The smallest absolute Gasteiger partial charge is 0.244 e. The van der Waals surface area contributed by atoms with Gasteiger partial charge in [-0.25, -0.2) is 0 Å². The molecule has 0 aliphatic heterocycles. The SMILES string of the molecule is CC(=O)N(CC(=O)Nc1c(C(C)C)cccc1C(C)C)C1CCCCCC1. The highest BCUT2D eigenvalue weighted by molar-refractivity contribution is 5.96. The molecule has 27 heavy (non-hydrogen) atoms. The van der Waals surface area contributed by atoms with Gasteiger partial charge in [0.15, 0.2) is 0 Å². The molecule has 2 rings (SSSR count). The van der Waals surface area contributed by atoms with Crippen LogP contribution in [0.3, 0.4) is 0 Å². The van der Waals surface area contributed by atoms with E-state index in [9.17, 15) is 9.59 Å². The van der Waals surface area contributed by atoms with E-state index >= 15 is 0 Å². The van der Waals surface area contributed by atoms with Gasteiger partial charge in [-0.2, -0.15) is 0 Å². The number of hydrogen-bond acceptors (Lipinski definition) is 2. The lowest BCUT2D eigenvalue weighted by atomic mass is 9.92. The Labute approximate surface area is 164 Å². The third kappa shape index (κ3) is 5.82. The lowest BCUT2D eigenvalue weighted by Gasteiger charge is -2.30. The van der Waals surface area contributed by atoms with E-state index in [1.807, 2.05) is 0 Å². The van der Waals surface area contributed by atoms with Crippen LogP contribution in [-0.2, 0) is 9.59 Å². The number of hydrogen-bond donors (Lipinski definition) is 1. The molecule has 1 fully saturated rings. The normalized spacial score (nSPS) is 15.7. The van der Waals surface area contributed by atoms with Gasteiger partial charge < -0.3 is 10.2 Å². The minimum atomic E-state index is -0.0931. The molecule has 2 amide bonds. The predicted molar refractivity (Wildman–Crippen MR) is 112 cm³/mol. The van der Waals surface area contributed by atoms with Crippen LogP contribution in [0.4, 0.5) is 5.69 Å². The predicted octanol–water partition coefficient (Wildman–Crippen LogP) is 5.44. The van der Waals surface area contributed by atoms with Crippen LogP contribution in [0, 0.1) is 0 Å². The molecule has 1 aromatic carbocycles. The molecule has 4 heteroatoms. The average molecular weight is 373 g/mol. The minimum absolute atomic E-state index is 0.00159. The number of carbonyl (C=O) groups excluding carboxylic acids is 2. The minimum Gasteiger partial charge on any atom is -0.331 e. The highest BCUT2D eigenvalue weighted by Crippen LogP contribution is 2.32. The van der Waals surface area contributed by atoms with Crippen LogP contribution >= 0.6 is 0 Å². The zero-order chi connectivity index (χ0) is 20.0. The molecular weight excluding hydrogens is 336 g/mol. The summed E-state index contributed by atoms with van der Waals surface area (Å²) in [6, 6.07) is 6.43. The molecule has 4 nitrogen and oxygen atoms in total. The third-order valence-electron chi connectivity index (χ3n) is 5.62. The summed E-state index contributed by atoms with van der Waals surface area (Å²) in [5, 5.41) is 3.15. The van der Waals surface area contributed by atoms with E-state index in [1.54, 1.807) is 11.8 Å². The van der Waals surface area contributed by atoms with Crippen LogP contribution in [0.2, 0.25) is 0 Å². The topological polar surface area (TPSA) is 49.4 Å². The standard InChI is InChI=1S/C23H36N2O2/c1-16(2)20-13-10-14-21(17(3)4)23(20)24-22(27)15-25(18(5)26)19-11-8-6-7-9-12-19/h10,13-14,16-17,19H,6-9,11-12,15H2,1-5H3,(H,24,27). The Morgan fingerprint density at radius 2 is 1.52 bits per heavy atom. The Morgan fingerprint density at radius 1 is 1.00 bits per heavy atom. The fourth-order valence-electron chi connectivity index (χ4n) is 4.10. The molecule has 1 aliphatic rings. The molecule has 0 spiro atoms. The van der Waals surface area contributed by atoms with Gasteiger partial charge in [0.2, 0.25) is 11.8 Å². The Bertz CT molecular complexity index is 618. The van der Waals surface area contributed by atoms with Gasteiger partial charge in [-0.1, -0.05) is 71.6 Å². The molecule has 1 aromatic rings. The highest BCUT2D eigenvalue weighted by atomic mass is 16.2. The lowest BCUT2D eigenvalue weighted by molar-refractivity contribution is -0.135. The van der Waals surface area contributed by atoms with Gasteiger partial charge in [-0.15, -0.1) is 0 Å². The summed E-state index contributed by atoms with van der Waals surface area (Å²) in [6.45, 7) is 10.3. The third-order valence-corrected chi connectivity index (χ3v) is 5.62. The maximum Gasteiger partial charge on any atom is 0.244 e. The van der Waals surface area contributed by atoms with Gasteiger partial charge in [0.05, 0.1) is 0 Å². The van der Waals surface area contributed by atoms with Gasteiger partial charge in [0.1, 0.15) is 6.54 Å². The van der Waals surface area contributed by atoms with Crippen molar-refractivity contribution in [3.8, 4) is 0 Å². The summed E-state index contributed by atoms with van der Waals surface area (Å²) in [7, 11) is 0. The molecule has 1 N–H and O–H groups in total. The second-order valence-corrected chi connectivity index (χ2v) is 8.46. The molecule has 1 saturated carbocycles. The number of amides is 2. The van der Waals surface area contributed by atoms with Crippen LogP contribution in [-0.4, -0.2) is 29.3 Å². The first-order chi connectivity index (χ1) is 12.8. The molecular formula is C23H36N2O2. The number of benzene rings is 1. The number of nitrogens with one attached hydrogen (secondary N) is 1. The van der Waals surface area contributed by atoms with Crippen molar-refractivity contribution in [1.29, 1.82) is 0 Å². The molecule has 0 bridgehead atoms. The Hall–Kier alpha value is -1.84. The summed E-state index contributed by atoms with van der Waals surface area (Å²) < 4.78 is 0. The number of anilines is 1. The van der Waals surface area contributed by atoms with E-state index < -0.39 is 0 Å². The molecule has 150 valence electrons. The molecule has 0 radical (unpaired) electrons. The van der Waals surface area contributed by atoms with Crippen molar-refractivity contribution < 1.29 is 9.59 Å². The van der Waals surface area contributed by atoms with Gasteiger partial charge in [-0.05, 0) is 35.8 Å². The zero-order valence-electron chi connectivity index (χ0n) is 17.7. The first kappa shape index (κ1) is 21.5. The fraction of sp³-hybridized carbons (Fsp3) is 0.652. The van der Waals surface area contributed by atoms with E-state index in [-0.39, 0.29) is 24.4 Å². The second kappa shape index (κ2) is 9.91. The van der Waals surface area contributed by atoms with Crippen molar-refractivity contribution in [1.82, 2.24) is 4.90 Å². The van der Waals surface area contributed by atoms with Gasteiger partial charge in [0, 0.05) is 18.7 Å². The summed E-state index contributed by atoms with van der Waals surface area (Å²) in [6.07, 6.45) is 6.76. The molecule has 0 unspecified atom stereocenters. The van der Waals surface area contributed by atoms with Crippen LogP contribution in [0.5, 0.6) is 0 Å². The van der Waals surface area contributed by atoms with Crippen molar-refractivity contribution >= 4 is 17.5 Å². The molecule has 1 aliphatic carbocycles. The molecule has 0 aromatic heterocycles. The van der Waals surface area contributed by atoms with Crippen LogP contribution in [0.1, 0.15) is 96.1 Å². The summed E-state index contributed by atoms with van der Waals surface area (Å²) >= 11 is 0. The van der Waals surface area contributed by atoms with Crippen LogP contribution in [0.25, 0.3) is 0 Å². The number of nitrogens with zero attached hydrogens (tertiary/aromatic N) is 1. The summed E-state index contributed by atoms with van der Waals surface area (Å²) in [5.74, 6) is 0.553. The van der Waals surface area contributed by atoms with Gasteiger partial charge in [0.25, 0.3) is 0 Å². The number of carbonyl (C=O) groups is 2. The van der Waals surface area contributed by atoms with Crippen molar-refractivity contribution in [3.63, 3.8) is 0 Å². The van der Waals surface area contributed by atoms with E-state index in [0.717, 1.165) is 42.5 Å². The largest absolute Gasteiger partial charge is 0.331 e. The first-order valence-electron chi connectivity index (χ1n) is 10.5. The van der Waals surface area contributed by atoms with E-state index in [4.69, 9.17) is 0 Å². The highest BCUT2D eigenvalue weighted by Gasteiger charge is 2.25. The maximum atomic E-state index is 12.9.